The number of hydrogen-bond acceptors (Lipinski definition) is 5. The Labute approximate surface area is 141 Å². The molecule has 0 aliphatic rings. The van der Waals surface area contributed by atoms with E-state index < -0.39 is 0 Å². The van der Waals surface area contributed by atoms with Crippen LogP contribution in [-0.2, 0) is 16.1 Å². The Balaban J connectivity index is 1.44. The van der Waals surface area contributed by atoms with Crippen molar-refractivity contribution in [1.29, 1.82) is 0 Å². The third-order valence-corrected chi connectivity index (χ3v) is 5.04. The highest BCUT2D eigenvalue weighted by Crippen LogP contribution is 2.26. The summed E-state index contributed by atoms with van der Waals surface area (Å²) in [7, 11) is 0. The van der Waals surface area contributed by atoms with E-state index in [9.17, 15) is 9.59 Å². The van der Waals surface area contributed by atoms with E-state index in [1.54, 1.807) is 22.8 Å². The molecular weight excluding hydrogens is 330 g/mol. The van der Waals surface area contributed by atoms with E-state index in [2.05, 4.69) is 5.32 Å². The Morgan fingerprint density at radius 1 is 1.13 bits per heavy atom. The highest BCUT2D eigenvalue weighted by molar-refractivity contribution is 7.17. The largest absolute Gasteiger partial charge is 0.461 e. The molecule has 1 aromatic carbocycles. The van der Waals surface area contributed by atoms with E-state index in [0.29, 0.717) is 5.56 Å². The Hall–Kier alpha value is -2.18. The zero-order valence-corrected chi connectivity index (χ0v) is 13.9. The van der Waals surface area contributed by atoms with Crippen molar-refractivity contribution in [3.8, 4) is 0 Å². The van der Waals surface area contributed by atoms with Crippen LogP contribution < -0.4 is 5.32 Å². The van der Waals surface area contributed by atoms with Crippen molar-refractivity contribution in [2.24, 2.45) is 0 Å². The van der Waals surface area contributed by atoms with Crippen molar-refractivity contribution in [3.05, 3.63) is 57.6 Å². The number of hydrogen-bond donors (Lipinski definition) is 1. The van der Waals surface area contributed by atoms with Gasteiger partial charge in [0.2, 0.25) is 0 Å². The van der Waals surface area contributed by atoms with Gasteiger partial charge in [-0.25, -0.2) is 0 Å². The summed E-state index contributed by atoms with van der Waals surface area (Å²) in [5.74, 6) is -0.478. The van der Waals surface area contributed by atoms with Crippen LogP contribution in [0.4, 0.5) is 0 Å². The molecule has 0 saturated heterocycles. The van der Waals surface area contributed by atoms with Crippen molar-refractivity contribution in [2.75, 3.05) is 6.54 Å². The molecule has 0 fully saturated rings. The Morgan fingerprint density at radius 3 is 2.83 bits per heavy atom. The number of esters is 1. The van der Waals surface area contributed by atoms with E-state index in [-0.39, 0.29) is 31.4 Å². The van der Waals surface area contributed by atoms with E-state index in [4.69, 9.17) is 4.74 Å². The summed E-state index contributed by atoms with van der Waals surface area (Å²) in [4.78, 5) is 23.5. The first-order valence-electron chi connectivity index (χ1n) is 7.15. The molecule has 2 aromatic heterocycles. The third-order valence-electron chi connectivity index (χ3n) is 3.35. The topological polar surface area (TPSA) is 55.4 Å². The first kappa shape index (κ1) is 15.7. The van der Waals surface area contributed by atoms with Crippen LogP contribution in [0.3, 0.4) is 0 Å². The highest BCUT2D eigenvalue weighted by atomic mass is 32.1. The van der Waals surface area contributed by atoms with Gasteiger partial charge in [0, 0.05) is 27.8 Å². The SMILES string of the molecule is O=C(CCNC(=O)c1ccsc1)OCc1csc2ccccc12. The fraction of sp³-hybridized carbons (Fsp3) is 0.176. The second kappa shape index (κ2) is 7.39. The summed E-state index contributed by atoms with van der Waals surface area (Å²) >= 11 is 3.10. The predicted octanol–water partition coefficient (Wildman–Crippen LogP) is 3.83. The van der Waals surface area contributed by atoms with E-state index in [1.807, 2.05) is 35.0 Å². The average Bonchev–Trinajstić information content (AvgIpc) is 3.23. The molecule has 6 heteroatoms. The first-order chi connectivity index (χ1) is 11.2. The number of rotatable bonds is 6. The van der Waals surface area contributed by atoms with Gasteiger partial charge in [0.25, 0.3) is 5.91 Å². The maximum Gasteiger partial charge on any atom is 0.307 e. The zero-order valence-electron chi connectivity index (χ0n) is 12.3. The van der Waals surface area contributed by atoms with Crippen molar-refractivity contribution in [1.82, 2.24) is 5.32 Å². The Bertz CT molecular complexity index is 808. The molecular formula is C17H15NO3S2. The smallest absolute Gasteiger partial charge is 0.307 e. The standard InChI is InChI=1S/C17H15NO3S2/c19-16(5-7-18-17(20)12-6-8-22-10-12)21-9-13-11-23-15-4-2-1-3-14(13)15/h1-4,6,8,10-11H,5,7,9H2,(H,18,20). The summed E-state index contributed by atoms with van der Waals surface area (Å²) in [5, 5.41) is 9.45. The van der Waals surface area contributed by atoms with Gasteiger partial charge in [-0.2, -0.15) is 11.3 Å². The zero-order chi connectivity index (χ0) is 16.1. The summed E-state index contributed by atoms with van der Waals surface area (Å²) in [5.41, 5.74) is 1.63. The van der Waals surface area contributed by atoms with Crippen molar-refractivity contribution < 1.29 is 14.3 Å². The Kier molecular flexibility index (Phi) is 5.05. The van der Waals surface area contributed by atoms with E-state index >= 15 is 0 Å². The van der Waals surface area contributed by atoms with Gasteiger partial charge in [-0.1, -0.05) is 18.2 Å². The van der Waals surface area contributed by atoms with Crippen LogP contribution >= 0.6 is 22.7 Å². The minimum atomic E-state index is -0.314. The number of amides is 1. The normalized spacial score (nSPS) is 10.6. The van der Waals surface area contributed by atoms with Gasteiger partial charge in [0.05, 0.1) is 6.42 Å². The van der Waals surface area contributed by atoms with Gasteiger partial charge < -0.3 is 10.1 Å². The fourth-order valence-electron chi connectivity index (χ4n) is 2.15. The molecule has 0 unspecified atom stereocenters. The minimum Gasteiger partial charge on any atom is -0.461 e. The lowest BCUT2D eigenvalue weighted by Crippen LogP contribution is -2.26. The van der Waals surface area contributed by atoms with Crippen LogP contribution in [0.1, 0.15) is 22.3 Å². The molecule has 0 aliphatic carbocycles. The molecule has 3 rings (SSSR count). The number of carbonyl (C=O) groups excluding carboxylic acids is 2. The summed E-state index contributed by atoms with van der Waals surface area (Å²) < 4.78 is 6.47. The first-order valence-corrected chi connectivity index (χ1v) is 8.97. The van der Waals surface area contributed by atoms with Gasteiger partial charge in [-0.3, -0.25) is 9.59 Å². The molecule has 0 radical (unpaired) electrons. The van der Waals surface area contributed by atoms with Crippen molar-refractivity contribution in [3.63, 3.8) is 0 Å². The van der Waals surface area contributed by atoms with Crippen LogP contribution in [0.2, 0.25) is 0 Å². The monoisotopic (exact) mass is 345 g/mol. The van der Waals surface area contributed by atoms with E-state index in [1.165, 1.54) is 16.0 Å². The summed E-state index contributed by atoms with van der Waals surface area (Å²) in [6.07, 6.45) is 0.165. The molecule has 23 heavy (non-hydrogen) atoms. The highest BCUT2D eigenvalue weighted by Gasteiger charge is 2.09. The van der Waals surface area contributed by atoms with E-state index in [0.717, 1.165) is 10.9 Å². The van der Waals surface area contributed by atoms with Crippen LogP contribution in [0, 0.1) is 0 Å². The molecule has 0 spiro atoms. The number of nitrogens with one attached hydrogen (secondary N) is 1. The number of ether oxygens (including phenoxy) is 1. The fourth-order valence-corrected chi connectivity index (χ4v) is 3.73. The molecule has 118 valence electrons. The number of carbonyl (C=O) groups is 2. The maximum atomic E-state index is 11.8. The minimum absolute atomic E-state index is 0.164. The quantitative estimate of drug-likeness (QED) is 0.691. The van der Waals surface area contributed by atoms with Gasteiger partial charge in [-0.15, -0.1) is 11.3 Å². The lowest BCUT2D eigenvalue weighted by Gasteiger charge is -2.05. The average molecular weight is 345 g/mol. The molecule has 1 N–H and O–H groups in total. The second-order valence-corrected chi connectivity index (χ2v) is 6.63. The van der Waals surface area contributed by atoms with Gasteiger partial charge in [0.15, 0.2) is 0 Å². The third kappa shape index (κ3) is 3.97. The predicted molar refractivity (Wildman–Crippen MR) is 92.9 cm³/mol. The number of fused-ring (bicyclic) bond motifs is 1. The molecule has 0 saturated carbocycles. The number of thiophene rings is 2. The lowest BCUT2D eigenvalue weighted by molar-refractivity contribution is -0.144. The van der Waals surface area contributed by atoms with Crippen LogP contribution in [0.25, 0.3) is 10.1 Å². The molecule has 0 aliphatic heterocycles. The van der Waals surface area contributed by atoms with Crippen molar-refractivity contribution in [2.45, 2.75) is 13.0 Å². The maximum absolute atomic E-state index is 11.8. The second-order valence-electron chi connectivity index (χ2n) is 4.94. The molecule has 1 amide bonds. The van der Waals surface area contributed by atoms with Gasteiger partial charge in [-0.05, 0) is 28.3 Å². The molecule has 0 bridgehead atoms. The van der Waals surface area contributed by atoms with Crippen LogP contribution in [-0.4, -0.2) is 18.4 Å². The summed E-state index contributed by atoms with van der Waals surface area (Å²) in [6, 6.07) is 9.78. The van der Waals surface area contributed by atoms with Gasteiger partial charge >= 0.3 is 5.97 Å². The summed E-state index contributed by atoms with van der Waals surface area (Å²) in [6.45, 7) is 0.541. The molecule has 4 nitrogen and oxygen atoms in total. The molecule has 0 atom stereocenters. The van der Waals surface area contributed by atoms with Gasteiger partial charge in [0.1, 0.15) is 6.61 Å². The van der Waals surface area contributed by atoms with Crippen LogP contribution in [0.5, 0.6) is 0 Å². The molecule has 2 heterocycles. The lowest BCUT2D eigenvalue weighted by atomic mass is 10.2. The molecule has 3 aromatic rings. The Morgan fingerprint density at radius 2 is 2.00 bits per heavy atom. The van der Waals surface area contributed by atoms with Crippen molar-refractivity contribution >= 4 is 44.6 Å². The van der Waals surface area contributed by atoms with Crippen LogP contribution in [0.15, 0.2) is 46.5 Å². The number of benzene rings is 1.